The SMILES string of the molecule is CN=C(NCCc1cccc(Cl)c1)NCC(=O)OC(C)(C)C.I. The number of carbonyl (C=O) groups excluding carboxylic acids is 1. The van der Waals surface area contributed by atoms with Crippen molar-refractivity contribution in [2.45, 2.75) is 32.8 Å². The second-order valence-corrected chi connectivity index (χ2v) is 6.26. The number of rotatable bonds is 5. The van der Waals surface area contributed by atoms with Crippen molar-refractivity contribution < 1.29 is 9.53 Å². The summed E-state index contributed by atoms with van der Waals surface area (Å²) in [6, 6.07) is 7.72. The van der Waals surface area contributed by atoms with Gasteiger partial charge in [0.1, 0.15) is 12.1 Å². The molecule has 0 radical (unpaired) electrons. The fraction of sp³-hybridized carbons (Fsp3) is 0.500. The maximum atomic E-state index is 11.6. The predicted molar refractivity (Wildman–Crippen MR) is 106 cm³/mol. The zero-order valence-electron chi connectivity index (χ0n) is 14.0. The number of ether oxygens (including phenoxy) is 1. The number of nitrogens with one attached hydrogen (secondary N) is 2. The number of aliphatic imine (C=N–C) groups is 1. The largest absolute Gasteiger partial charge is 0.459 e. The molecule has 1 aromatic rings. The van der Waals surface area contributed by atoms with E-state index >= 15 is 0 Å². The van der Waals surface area contributed by atoms with Crippen LogP contribution in [0.1, 0.15) is 26.3 Å². The Balaban J connectivity index is 0.00000484. The van der Waals surface area contributed by atoms with Crippen molar-refractivity contribution in [1.82, 2.24) is 10.6 Å². The van der Waals surface area contributed by atoms with E-state index in [1.165, 1.54) is 0 Å². The maximum absolute atomic E-state index is 11.6. The molecule has 23 heavy (non-hydrogen) atoms. The van der Waals surface area contributed by atoms with E-state index in [9.17, 15) is 4.79 Å². The summed E-state index contributed by atoms with van der Waals surface area (Å²) in [7, 11) is 1.66. The Hall–Kier alpha value is -1.02. The van der Waals surface area contributed by atoms with Crippen molar-refractivity contribution in [3.05, 3.63) is 34.9 Å². The summed E-state index contributed by atoms with van der Waals surface area (Å²) in [6.07, 6.45) is 0.813. The fourth-order valence-corrected chi connectivity index (χ4v) is 1.98. The standard InChI is InChI=1S/C16H24ClN3O2.HI/c1-16(2,3)22-14(21)11-20-15(18-4)19-9-8-12-6-5-7-13(17)10-12;/h5-7,10H,8-9,11H2,1-4H3,(H2,18,19,20);1H. The van der Waals surface area contributed by atoms with Crippen molar-refractivity contribution in [2.24, 2.45) is 4.99 Å². The molecular formula is C16H25ClIN3O2. The van der Waals surface area contributed by atoms with Crippen LogP contribution in [0.3, 0.4) is 0 Å². The Morgan fingerprint density at radius 2 is 2.00 bits per heavy atom. The smallest absolute Gasteiger partial charge is 0.325 e. The first-order chi connectivity index (χ1) is 10.3. The molecule has 0 bridgehead atoms. The Morgan fingerprint density at radius 3 is 2.57 bits per heavy atom. The molecule has 0 saturated carbocycles. The second-order valence-electron chi connectivity index (χ2n) is 5.82. The average Bonchev–Trinajstić information content (AvgIpc) is 2.40. The molecule has 0 aromatic heterocycles. The zero-order valence-corrected chi connectivity index (χ0v) is 17.1. The van der Waals surface area contributed by atoms with Gasteiger partial charge in [-0.25, -0.2) is 0 Å². The predicted octanol–water partition coefficient (Wildman–Crippen LogP) is 3.01. The van der Waals surface area contributed by atoms with Gasteiger partial charge in [-0.15, -0.1) is 24.0 Å². The lowest BCUT2D eigenvalue weighted by Crippen LogP contribution is -2.42. The molecule has 0 spiro atoms. The topological polar surface area (TPSA) is 62.7 Å². The number of benzene rings is 1. The Bertz CT molecular complexity index is 530. The van der Waals surface area contributed by atoms with Crippen molar-refractivity contribution in [3.8, 4) is 0 Å². The molecular weight excluding hydrogens is 429 g/mol. The van der Waals surface area contributed by atoms with Crippen LogP contribution >= 0.6 is 35.6 Å². The van der Waals surface area contributed by atoms with Crippen molar-refractivity contribution >= 4 is 47.5 Å². The number of carbonyl (C=O) groups is 1. The maximum Gasteiger partial charge on any atom is 0.325 e. The minimum atomic E-state index is -0.484. The van der Waals surface area contributed by atoms with Crippen LogP contribution < -0.4 is 10.6 Å². The van der Waals surface area contributed by atoms with E-state index in [4.69, 9.17) is 16.3 Å². The van der Waals surface area contributed by atoms with E-state index < -0.39 is 5.60 Å². The number of guanidine groups is 1. The minimum absolute atomic E-state index is 0. The van der Waals surface area contributed by atoms with Gasteiger partial charge in [-0.1, -0.05) is 23.7 Å². The fourth-order valence-electron chi connectivity index (χ4n) is 1.77. The summed E-state index contributed by atoms with van der Waals surface area (Å²) in [5.41, 5.74) is 0.657. The summed E-state index contributed by atoms with van der Waals surface area (Å²) < 4.78 is 5.22. The molecule has 1 rings (SSSR count). The van der Waals surface area contributed by atoms with Gasteiger partial charge in [0.2, 0.25) is 0 Å². The van der Waals surface area contributed by atoms with Crippen LogP contribution in [-0.2, 0) is 16.0 Å². The van der Waals surface area contributed by atoms with E-state index in [0.29, 0.717) is 12.5 Å². The third-order valence-electron chi connectivity index (χ3n) is 2.64. The number of hydrogen-bond acceptors (Lipinski definition) is 3. The van der Waals surface area contributed by atoms with Crippen molar-refractivity contribution in [3.63, 3.8) is 0 Å². The zero-order chi connectivity index (χ0) is 16.6. The van der Waals surface area contributed by atoms with Crippen LogP contribution in [0.5, 0.6) is 0 Å². The lowest BCUT2D eigenvalue weighted by molar-refractivity contribution is -0.153. The first-order valence-electron chi connectivity index (χ1n) is 7.21. The molecule has 130 valence electrons. The molecule has 0 atom stereocenters. The van der Waals surface area contributed by atoms with E-state index in [-0.39, 0.29) is 36.5 Å². The molecule has 0 aliphatic heterocycles. The molecule has 1 aromatic carbocycles. The monoisotopic (exact) mass is 453 g/mol. The lowest BCUT2D eigenvalue weighted by atomic mass is 10.1. The van der Waals surface area contributed by atoms with Gasteiger partial charge in [-0.05, 0) is 44.9 Å². The van der Waals surface area contributed by atoms with Crippen LogP contribution in [-0.4, -0.2) is 37.7 Å². The average molecular weight is 454 g/mol. The van der Waals surface area contributed by atoms with Crippen LogP contribution in [0.2, 0.25) is 5.02 Å². The molecule has 0 saturated heterocycles. The molecule has 0 amide bonds. The Morgan fingerprint density at radius 1 is 1.30 bits per heavy atom. The number of esters is 1. The third-order valence-corrected chi connectivity index (χ3v) is 2.87. The highest BCUT2D eigenvalue weighted by Crippen LogP contribution is 2.10. The summed E-state index contributed by atoms with van der Waals surface area (Å²) in [5.74, 6) is 0.248. The van der Waals surface area contributed by atoms with Gasteiger partial charge in [-0.2, -0.15) is 0 Å². The van der Waals surface area contributed by atoms with Gasteiger partial charge < -0.3 is 15.4 Å². The van der Waals surface area contributed by atoms with Crippen LogP contribution in [0.4, 0.5) is 0 Å². The normalized spacial score (nSPS) is 11.4. The minimum Gasteiger partial charge on any atom is -0.459 e. The quantitative estimate of drug-likeness (QED) is 0.311. The number of hydrogen-bond donors (Lipinski definition) is 2. The number of nitrogens with zero attached hydrogens (tertiary/aromatic N) is 1. The molecule has 0 fully saturated rings. The van der Waals surface area contributed by atoms with Crippen LogP contribution in [0.15, 0.2) is 29.3 Å². The molecule has 0 aliphatic rings. The molecule has 0 heterocycles. The lowest BCUT2D eigenvalue weighted by Gasteiger charge is -2.20. The Labute approximate surface area is 160 Å². The first kappa shape index (κ1) is 22.0. The van der Waals surface area contributed by atoms with Crippen LogP contribution in [0, 0.1) is 0 Å². The van der Waals surface area contributed by atoms with E-state index in [1.54, 1.807) is 7.05 Å². The highest BCUT2D eigenvalue weighted by Gasteiger charge is 2.16. The van der Waals surface area contributed by atoms with Crippen molar-refractivity contribution in [1.29, 1.82) is 0 Å². The number of halogens is 2. The first-order valence-corrected chi connectivity index (χ1v) is 7.59. The third kappa shape index (κ3) is 10.4. The van der Waals surface area contributed by atoms with Crippen molar-refractivity contribution in [2.75, 3.05) is 20.1 Å². The van der Waals surface area contributed by atoms with Gasteiger partial charge in [0.05, 0.1) is 0 Å². The van der Waals surface area contributed by atoms with Gasteiger partial charge in [0.25, 0.3) is 0 Å². The summed E-state index contributed by atoms with van der Waals surface area (Å²) in [4.78, 5) is 15.7. The van der Waals surface area contributed by atoms with Crippen LogP contribution in [0.25, 0.3) is 0 Å². The summed E-state index contributed by atoms with van der Waals surface area (Å²) in [5, 5.41) is 6.80. The molecule has 5 nitrogen and oxygen atoms in total. The Kier molecular flexibility index (Phi) is 10.2. The van der Waals surface area contributed by atoms with Gasteiger partial charge in [-0.3, -0.25) is 9.79 Å². The van der Waals surface area contributed by atoms with E-state index in [1.807, 2.05) is 45.0 Å². The molecule has 0 unspecified atom stereocenters. The highest BCUT2D eigenvalue weighted by atomic mass is 127. The summed E-state index contributed by atoms with van der Waals surface area (Å²) in [6.45, 7) is 6.28. The molecule has 0 aliphatic carbocycles. The van der Waals surface area contributed by atoms with Gasteiger partial charge in [0, 0.05) is 18.6 Å². The van der Waals surface area contributed by atoms with Gasteiger partial charge >= 0.3 is 5.97 Å². The van der Waals surface area contributed by atoms with E-state index in [0.717, 1.165) is 17.0 Å². The van der Waals surface area contributed by atoms with Gasteiger partial charge in [0.15, 0.2) is 5.96 Å². The summed E-state index contributed by atoms with van der Waals surface area (Å²) >= 11 is 5.94. The molecule has 7 heteroatoms. The molecule has 2 N–H and O–H groups in total. The second kappa shape index (κ2) is 10.7. The highest BCUT2D eigenvalue weighted by molar-refractivity contribution is 14.0. The van der Waals surface area contributed by atoms with E-state index in [2.05, 4.69) is 15.6 Å².